The Labute approximate surface area is 167 Å². The van der Waals surface area contributed by atoms with Crippen LogP contribution in [0.2, 0.25) is 0 Å². The highest BCUT2D eigenvalue weighted by atomic mass is 16.5. The zero-order valence-electron chi connectivity index (χ0n) is 16.7. The monoisotopic (exact) mass is 384 g/mol. The number of carbonyl (C=O) groups is 1. The number of carboxylic acids is 1. The average molecular weight is 385 g/mol. The molecule has 2 aliphatic rings. The highest BCUT2D eigenvalue weighted by molar-refractivity contribution is 5.66. The molecule has 2 aliphatic heterocycles. The van der Waals surface area contributed by atoms with Crippen molar-refractivity contribution in [2.75, 3.05) is 0 Å². The molecule has 28 heavy (non-hydrogen) atoms. The third kappa shape index (κ3) is 5.55. The van der Waals surface area contributed by atoms with Crippen LogP contribution in [-0.2, 0) is 16.0 Å². The van der Waals surface area contributed by atoms with Crippen molar-refractivity contribution in [3.8, 4) is 0 Å². The second kappa shape index (κ2) is 10.0. The fourth-order valence-electron chi connectivity index (χ4n) is 4.52. The first-order valence-corrected chi connectivity index (χ1v) is 10.5. The number of carboxylic acid groups (broad SMARTS) is 1. The van der Waals surface area contributed by atoms with Gasteiger partial charge >= 0.3 is 5.97 Å². The van der Waals surface area contributed by atoms with Crippen LogP contribution in [0.5, 0.6) is 0 Å². The number of fused-ring (bicyclic) bond motifs is 2. The van der Waals surface area contributed by atoms with Gasteiger partial charge in [0.1, 0.15) is 0 Å². The molecular weight excluding hydrogens is 352 g/mol. The van der Waals surface area contributed by atoms with Gasteiger partial charge in [0.15, 0.2) is 0 Å². The molecule has 2 N–H and O–H groups in total. The van der Waals surface area contributed by atoms with Crippen LogP contribution in [0, 0.1) is 18.8 Å². The smallest absolute Gasteiger partial charge is 0.303 e. The SMILES string of the molecule is Cc1ccccc1CC(O)C=C[C@H]1[C@H](CC=CCCCC(=O)O)[C@H]2CC[C@@H]1O2. The van der Waals surface area contributed by atoms with E-state index in [9.17, 15) is 9.90 Å². The van der Waals surface area contributed by atoms with Crippen LogP contribution in [-0.4, -0.2) is 34.5 Å². The van der Waals surface area contributed by atoms with Crippen LogP contribution < -0.4 is 0 Å². The van der Waals surface area contributed by atoms with Crippen LogP contribution in [0.25, 0.3) is 0 Å². The van der Waals surface area contributed by atoms with Crippen molar-refractivity contribution in [1.82, 2.24) is 0 Å². The van der Waals surface area contributed by atoms with Crippen molar-refractivity contribution in [1.29, 1.82) is 0 Å². The normalized spacial score (nSPS) is 27.8. The molecule has 152 valence electrons. The van der Waals surface area contributed by atoms with E-state index in [1.54, 1.807) is 0 Å². The Bertz CT molecular complexity index is 708. The number of benzene rings is 1. The number of ether oxygens (including phenoxy) is 1. The van der Waals surface area contributed by atoms with Crippen molar-refractivity contribution in [2.24, 2.45) is 11.8 Å². The second-order valence-corrected chi connectivity index (χ2v) is 8.11. The van der Waals surface area contributed by atoms with Crippen LogP contribution in [0.3, 0.4) is 0 Å². The molecular formula is C24H32O4. The molecule has 1 aromatic carbocycles. The summed E-state index contributed by atoms with van der Waals surface area (Å²) in [6, 6.07) is 8.19. The highest BCUT2D eigenvalue weighted by Crippen LogP contribution is 2.45. The highest BCUT2D eigenvalue weighted by Gasteiger charge is 2.46. The molecule has 0 aliphatic carbocycles. The number of aliphatic hydroxyl groups is 1. The molecule has 2 fully saturated rings. The van der Waals surface area contributed by atoms with E-state index in [2.05, 4.69) is 37.3 Å². The lowest BCUT2D eigenvalue weighted by molar-refractivity contribution is -0.137. The minimum Gasteiger partial charge on any atom is -0.481 e. The summed E-state index contributed by atoms with van der Waals surface area (Å²) in [6.45, 7) is 2.08. The second-order valence-electron chi connectivity index (χ2n) is 8.11. The molecule has 5 atom stereocenters. The summed E-state index contributed by atoms with van der Waals surface area (Å²) in [5, 5.41) is 19.2. The van der Waals surface area contributed by atoms with Gasteiger partial charge < -0.3 is 14.9 Å². The van der Waals surface area contributed by atoms with E-state index in [4.69, 9.17) is 9.84 Å². The van der Waals surface area contributed by atoms with E-state index in [1.165, 1.54) is 11.1 Å². The fourth-order valence-corrected chi connectivity index (χ4v) is 4.52. The topological polar surface area (TPSA) is 66.8 Å². The van der Waals surface area contributed by atoms with Gasteiger partial charge in [0.25, 0.3) is 0 Å². The summed E-state index contributed by atoms with van der Waals surface area (Å²) >= 11 is 0. The number of hydrogen-bond acceptors (Lipinski definition) is 3. The van der Waals surface area contributed by atoms with Gasteiger partial charge in [-0.3, -0.25) is 4.79 Å². The first kappa shape index (κ1) is 20.8. The predicted octanol–water partition coefficient (Wildman–Crippen LogP) is 4.45. The molecule has 1 aromatic rings. The van der Waals surface area contributed by atoms with Gasteiger partial charge in [0.05, 0.1) is 18.3 Å². The van der Waals surface area contributed by atoms with E-state index in [1.807, 2.05) is 18.2 Å². The Morgan fingerprint density at radius 2 is 2.04 bits per heavy atom. The molecule has 2 heterocycles. The Balaban J connectivity index is 1.52. The quantitative estimate of drug-likeness (QED) is 0.462. The summed E-state index contributed by atoms with van der Waals surface area (Å²) in [5.74, 6) is 0.0784. The number of unbranched alkanes of at least 4 members (excludes halogenated alkanes) is 1. The van der Waals surface area contributed by atoms with Crippen LogP contribution in [0.15, 0.2) is 48.6 Å². The molecule has 4 heteroatoms. The van der Waals surface area contributed by atoms with E-state index in [0.29, 0.717) is 30.8 Å². The number of aryl methyl sites for hydroxylation is 1. The van der Waals surface area contributed by atoms with E-state index >= 15 is 0 Å². The van der Waals surface area contributed by atoms with Crippen molar-refractivity contribution < 1.29 is 19.7 Å². The first-order valence-electron chi connectivity index (χ1n) is 10.5. The van der Waals surface area contributed by atoms with Crippen LogP contribution in [0.4, 0.5) is 0 Å². The number of rotatable bonds is 10. The van der Waals surface area contributed by atoms with Crippen LogP contribution in [0.1, 0.15) is 49.7 Å². The van der Waals surface area contributed by atoms with Gasteiger partial charge in [-0.25, -0.2) is 0 Å². The molecule has 0 amide bonds. The molecule has 1 unspecified atom stereocenters. The van der Waals surface area contributed by atoms with Gasteiger partial charge in [-0.05, 0) is 56.1 Å². The summed E-state index contributed by atoms with van der Waals surface area (Å²) in [6.07, 6.45) is 14.1. The molecule has 2 bridgehead atoms. The number of allylic oxidation sites excluding steroid dienone is 2. The van der Waals surface area contributed by atoms with E-state index in [0.717, 1.165) is 25.7 Å². The summed E-state index contributed by atoms with van der Waals surface area (Å²) < 4.78 is 6.13. The maximum absolute atomic E-state index is 10.6. The van der Waals surface area contributed by atoms with Gasteiger partial charge in [-0.2, -0.15) is 0 Å². The summed E-state index contributed by atoms with van der Waals surface area (Å²) in [5.41, 5.74) is 2.40. The molecule has 0 saturated carbocycles. The van der Waals surface area contributed by atoms with Crippen molar-refractivity contribution in [3.05, 3.63) is 59.7 Å². The summed E-state index contributed by atoms with van der Waals surface area (Å²) in [4.78, 5) is 10.6. The zero-order chi connectivity index (χ0) is 19.9. The van der Waals surface area contributed by atoms with Gasteiger partial charge in [-0.1, -0.05) is 48.6 Å². The maximum Gasteiger partial charge on any atom is 0.303 e. The Morgan fingerprint density at radius 3 is 2.82 bits per heavy atom. The van der Waals surface area contributed by atoms with E-state index < -0.39 is 12.1 Å². The molecule has 0 spiro atoms. The molecule has 0 radical (unpaired) electrons. The van der Waals surface area contributed by atoms with Crippen molar-refractivity contribution in [3.63, 3.8) is 0 Å². The molecule has 2 saturated heterocycles. The third-order valence-corrected chi connectivity index (χ3v) is 6.07. The molecule has 3 rings (SSSR count). The Morgan fingerprint density at radius 1 is 1.25 bits per heavy atom. The lowest BCUT2D eigenvalue weighted by atomic mass is 9.77. The molecule has 4 nitrogen and oxygen atoms in total. The Kier molecular flexibility index (Phi) is 7.46. The standard InChI is InChI=1S/C24H32O4/c1-17-8-6-7-9-18(17)16-19(25)12-13-21-20(22-14-15-23(21)28-22)10-4-2-3-5-11-24(26)27/h2,4,6-9,12-13,19-23,25H,3,5,10-11,14-16H2,1H3,(H,26,27)/t19?,20-,21-,22+,23-/m0/s1. The largest absolute Gasteiger partial charge is 0.481 e. The van der Waals surface area contributed by atoms with E-state index in [-0.39, 0.29) is 12.5 Å². The van der Waals surface area contributed by atoms with Crippen molar-refractivity contribution >= 4 is 5.97 Å². The number of aliphatic hydroxyl groups excluding tert-OH is 1. The van der Waals surface area contributed by atoms with Crippen LogP contribution >= 0.6 is 0 Å². The summed E-state index contributed by atoms with van der Waals surface area (Å²) in [7, 11) is 0. The van der Waals surface area contributed by atoms with Gasteiger partial charge in [0, 0.05) is 18.8 Å². The average Bonchev–Trinajstić information content (AvgIpc) is 3.26. The van der Waals surface area contributed by atoms with Gasteiger partial charge in [0.2, 0.25) is 0 Å². The lowest BCUT2D eigenvalue weighted by Gasteiger charge is -2.25. The maximum atomic E-state index is 10.6. The lowest BCUT2D eigenvalue weighted by Crippen LogP contribution is -2.25. The fraction of sp³-hybridized carbons (Fsp3) is 0.542. The van der Waals surface area contributed by atoms with Gasteiger partial charge in [-0.15, -0.1) is 0 Å². The predicted molar refractivity (Wildman–Crippen MR) is 110 cm³/mol. The Hall–Kier alpha value is -1.91. The minimum atomic E-state index is -0.732. The number of aliphatic carboxylic acids is 1. The van der Waals surface area contributed by atoms with Crippen molar-refractivity contribution in [2.45, 2.75) is 70.2 Å². The zero-order valence-corrected chi connectivity index (χ0v) is 16.7. The number of hydrogen-bond donors (Lipinski definition) is 2. The molecule has 0 aromatic heterocycles. The third-order valence-electron chi connectivity index (χ3n) is 6.07. The minimum absolute atomic E-state index is 0.228. The first-order chi connectivity index (χ1) is 13.5.